The second kappa shape index (κ2) is 5.07. The summed E-state index contributed by atoms with van der Waals surface area (Å²) >= 11 is 0. The van der Waals surface area contributed by atoms with Crippen LogP contribution in [0.5, 0.6) is 5.75 Å². The minimum atomic E-state index is 0.724. The first-order chi connectivity index (χ1) is 10.9. The van der Waals surface area contributed by atoms with Gasteiger partial charge in [0, 0.05) is 22.5 Å². The number of para-hydroxylation sites is 1. The van der Waals surface area contributed by atoms with E-state index >= 15 is 0 Å². The number of nitrogens with zero attached hydrogens (tertiary/aromatic N) is 1. The molecule has 0 aliphatic carbocycles. The fourth-order valence-electron chi connectivity index (χ4n) is 2.73. The summed E-state index contributed by atoms with van der Waals surface area (Å²) in [5.74, 6) is 1.56. The van der Waals surface area contributed by atoms with Gasteiger partial charge in [-0.15, -0.1) is 0 Å². The molecule has 0 aliphatic heterocycles. The Labute approximate surface area is 127 Å². The number of aromatic nitrogens is 2. The van der Waals surface area contributed by atoms with Crippen molar-refractivity contribution in [3.63, 3.8) is 0 Å². The SMILES string of the molecule is COc1ccc(-c2c(-c3ccno3)[nH]c3ccccc23)cc1. The molecule has 2 aromatic carbocycles. The van der Waals surface area contributed by atoms with Crippen molar-refractivity contribution in [2.45, 2.75) is 0 Å². The van der Waals surface area contributed by atoms with Gasteiger partial charge in [-0.25, -0.2) is 0 Å². The largest absolute Gasteiger partial charge is 0.497 e. The van der Waals surface area contributed by atoms with Crippen LogP contribution in [0.2, 0.25) is 0 Å². The number of methoxy groups -OCH3 is 1. The molecule has 108 valence electrons. The normalized spacial score (nSPS) is 11.0. The van der Waals surface area contributed by atoms with Gasteiger partial charge in [0.2, 0.25) is 0 Å². The second-order valence-corrected chi connectivity index (χ2v) is 5.03. The van der Waals surface area contributed by atoms with Gasteiger partial charge in [0.1, 0.15) is 5.75 Å². The van der Waals surface area contributed by atoms with Crippen molar-refractivity contribution in [3.8, 4) is 28.3 Å². The highest BCUT2D eigenvalue weighted by molar-refractivity contribution is 6.03. The molecule has 0 radical (unpaired) electrons. The van der Waals surface area contributed by atoms with Crippen LogP contribution in [0, 0.1) is 0 Å². The van der Waals surface area contributed by atoms with Gasteiger partial charge in [0.15, 0.2) is 5.76 Å². The van der Waals surface area contributed by atoms with Crippen LogP contribution in [0.15, 0.2) is 65.3 Å². The lowest BCUT2D eigenvalue weighted by molar-refractivity contribution is 0.415. The number of ether oxygens (including phenoxy) is 1. The average Bonchev–Trinajstić information content (AvgIpc) is 3.22. The van der Waals surface area contributed by atoms with Gasteiger partial charge >= 0.3 is 0 Å². The van der Waals surface area contributed by atoms with Crippen molar-refractivity contribution in [2.24, 2.45) is 0 Å². The van der Waals surface area contributed by atoms with Crippen LogP contribution in [0.4, 0.5) is 0 Å². The third-order valence-electron chi connectivity index (χ3n) is 3.77. The molecule has 0 fully saturated rings. The van der Waals surface area contributed by atoms with Crippen LogP contribution >= 0.6 is 0 Å². The van der Waals surface area contributed by atoms with E-state index in [2.05, 4.69) is 22.3 Å². The van der Waals surface area contributed by atoms with E-state index in [4.69, 9.17) is 9.26 Å². The Balaban J connectivity index is 1.99. The lowest BCUT2D eigenvalue weighted by Crippen LogP contribution is -1.84. The van der Waals surface area contributed by atoms with Crippen molar-refractivity contribution in [1.82, 2.24) is 10.1 Å². The first kappa shape index (κ1) is 12.7. The van der Waals surface area contributed by atoms with E-state index in [1.807, 2.05) is 42.5 Å². The molecular formula is C18H14N2O2. The number of hydrogen-bond acceptors (Lipinski definition) is 3. The Hall–Kier alpha value is -3.01. The van der Waals surface area contributed by atoms with Crippen molar-refractivity contribution in [3.05, 3.63) is 60.8 Å². The van der Waals surface area contributed by atoms with E-state index in [9.17, 15) is 0 Å². The summed E-state index contributed by atoms with van der Waals surface area (Å²) < 4.78 is 10.6. The van der Waals surface area contributed by atoms with E-state index in [0.717, 1.165) is 39.2 Å². The molecule has 0 saturated carbocycles. The molecule has 0 aliphatic rings. The fourth-order valence-corrected chi connectivity index (χ4v) is 2.73. The Bertz CT molecular complexity index is 906. The Kier molecular flexibility index (Phi) is 2.93. The van der Waals surface area contributed by atoms with Gasteiger partial charge in [-0.3, -0.25) is 0 Å². The molecule has 0 unspecified atom stereocenters. The first-order valence-electron chi connectivity index (χ1n) is 7.03. The van der Waals surface area contributed by atoms with Crippen molar-refractivity contribution >= 4 is 10.9 Å². The lowest BCUT2D eigenvalue weighted by atomic mass is 10.0. The van der Waals surface area contributed by atoms with E-state index in [1.165, 1.54) is 0 Å². The van der Waals surface area contributed by atoms with Crippen molar-refractivity contribution < 1.29 is 9.26 Å². The van der Waals surface area contributed by atoms with Crippen LogP contribution in [0.1, 0.15) is 0 Å². The number of benzene rings is 2. The summed E-state index contributed by atoms with van der Waals surface area (Å²) in [5.41, 5.74) is 4.21. The number of aromatic amines is 1. The van der Waals surface area contributed by atoms with Crippen molar-refractivity contribution in [1.29, 1.82) is 0 Å². The Morgan fingerprint density at radius 3 is 2.55 bits per heavy atom. The number of fused-ring (bicyclic) bond motifs is 1. The topological polar surface area (TPSA) is 51.1 Å². The molecule has 0 bridgehead atoms. The smallest absolute Gasteiger partial charge is 0.183 e. The zero-order valence-corrected chi connectivity index (χ0v) is 12.0. The number of H-pyrrole nitrogens is 1. The van der Waals surface area contributed by atoms with Gasteiger partial charge < -0.3 is 14.2 Å². The summed E-state index contributed by atoms with van der Waals surface area (Å²) in [6.07, 6.45) is 1.65. The molecule has 4 nitrogen and oxygen atoms in total. The highest BCUT2D eigenvalue weighted by Gasteiger charge is 2.17. The predicted molar refractivity (Wildman–Crippen MR) is 85.8 cm³/mol. The molecule has 4 heteroatoms. The molecule has 4 aromatic rings. The fraction of sp³-hybridized carbons (Fsp3) is 0.0556. The van der Waals surface area contributed by atoms with Crippen LogP contribution < -0.4 is 4.74 Å². The van der Waals surface area contributed by atoms with Crippen LogP contribution in [-0.4, -0.2) is 17.3 Å². The van der Waals surface area contributed by atoms with Crippen LogP contribution in [0.25, 0.3) is 33.5 Å². The van der Waals surface area contributed by atoms with E-state index in [-0.39, 0.29) is 0 Å². The van der Waals surface area contributed by atoms with Crippen LogP contribution in [-0.2, 0) is 0 Å². The third-order valence-corrected chi connectivity index (χ3v) is 3.77. The minimum absolute atomic E-state index is 0.724. The molecule has 0 atom stereocenters. The van der Waals surface area contributed by atoms with E-state index in [0.29, 0.717) is 0 Å². The Morgan fingerprint density at radius 1 is 1.00 bits per heavy atom. The summed E-state index contributed by atoms with van der Waals surface area (Å²) in [7, 11) is 1.67. The predicted octanol–water partition coefficient (Wildman–Crippen LogP) is 4.50. The summed E-state index contributed by atoms with van der Waals surface area (Å²) in [5, 5.41) is 4.97. The standard InChI is InChI=1S/C18H14N2O2/c1-21-13-8-6-12(7-9-13)17-14-4-2-3-5-15(14)20-18(17)16-10-11-19-22-16/h2-11,20H,1H3. The van der Waals surface area contributed by atoms with Crippen molar-refractivity contribution in [2.75, 3.05) is 7.11 Å². The van der Waals surface area contributed by atoms with Crippen LogP contribution in [0.3, 0.4) is 0 Å². The molecule has 0 saturated heterocycles. The highest BCUT2D eigenvalue weighted by Crippen LogP contribution is 2.38. The second-order valence-electron chi connectivity index (χ2n) is 5.03. The molecule has 0 spiro atoms. The molecule has 2 heterocycles. The average molecular weight is 290 g/mol. The summed E-state index contributed by atoms with van der Waals surface area (Å²) in [4.78, 5) is 3.43. The molecular weight excluding hydrogens is 276 g/mol. The molecule has 4 rings (SSSR count). The van der Waals surface area contributed by atoms with E-state index in [1.54, 1.807) is 13.3 Å². The maximum Gasteiger partial charge on any atom is 0.183 e. The number of rotatable bonds is 3. The van der Waals surface area contributed by atoms with Gasteiger partial charge in [0.25, 0.3) is 0 Å². The van der Waals surface area contributed by atoms with Gasteiger partial charge in [-0.2, -0.15) is 0 Å². The first-order valence-corrected chi connectivity index (χ1v) is 7.03. The monoisotopic (exact) mass is 290 g/mol. The molecule has 0 amide bonds. The third kappa shape index (κ3) is 1.97. The van der Waals surface area contributed by atoms with Gasteiger partial charge in [-0.1, -0.05) is 35.5 Å². The van der Waals surface area contributed by atoms with Gasteiger partial charge in [-0.05, 0) is 23.8 Å². The minimum Gasteiger partial charge on any atom is -0.497 e. The number of nitrogens with one attached hydrogen (secondary N) is 1. The number of hydrogen-bond donors (Lipinski definition) is 1. The van der Waals surface area contributed by atoms with Gasteiger partial charge in [0.05, 0.1) is 19.0 Å². The Morgan fingerprint density at radius 2 is 1.82 bits per heavy atom. The molecule has 1 N–H and O–H groups in total. The molecule has 2 aromatic heterocycles. The summed E-state index contributed by atoms with van der Waals surface area (Å²) in [6.45, 7) is 0. The summed E-state index contributed by atoms with van der Waals surface area (Å²) in [6, 6.07) is 18.1. The maximum absolute atomic E-state index is 5.35. The lowest BCUT2D eigenvalue weighted by Gasteiger charge is -2.05. The maximum atomic E-state index is 5.35. The van der Waals surface area contributed by atoms with E-state index < -0.39 is 0 Å². The quantitative estimate of drug-likeness (QED) is 0.604. The zero-order chi connectivity index (χ0) is 14.9. The highest BCUT2D eigenvalue weighted by atomic mass is 16.5. The molecule has 22 heavy (non-hydrogen) atoms. The zero-order valence-electron chi connectivity index (χ0n) is 12.0.